The van der Waals surface area contributed by atoms with Crippen LogP contribution in [0.15, 0.2) is 0 Å². The van der Waals surface area contributed by atoms with Crippen LogP contribution < -0.4 is 0 Å². The molecule has 19 heteroatoms. The van der Waals surface area contributed by atoms with Crippen molar-refractivity contribution in [2.24, 2.45) is 11.8 Å². The van der Waals surface area contributed by atoms with Gasteiger partial charge in [-0.15, -0.1) is 0 Å². The van der Waals surface area contributed by atoms with Gasteiger partial charge in [0.1, 0.15) is 19.3 Å². The number of rotatable bonds is 79. The van der Waals surface area contributed by atoms with E-state index >= 15 is 0 Å². The maximum Gasteiger partial charge on any atom is 0.472 e. The van der Waals surface area contributed by atoms with Gasteiger partial charge in [0.2, 0.25) is 0 Å². The van der Waals surface area contributed by atoms with Gasteiger partial charge in [-0.05, 0) is 37.5 Å². The van der Waals surface area contributed by atoms with E-state index < -0.39 is 97.5 Å². The van der Waals surface area contributed by atoms with Crippen molar-refractivity contribution < 1.29 is 80.2 Å². The number of hydrogen-bond acceptors (Lipinski definition) is 15. The van der Waals surface area contributed by atoms with Gasteiger partial charge in [0.15, 0.2) is 12.2 Å². The molecule has 99 heavy (non-hydrogen) atoms. The van der Waals surface area contributed by atoms with Crippen LogP contribution in [0.4, 0.5) is 0 Å². The number of esters is 4. The highest BCUT2D eigenvalue weighted by Gasteiger charge is 2.30. The van der Waals surface area contributed by atoms with Crippen molar-refractivity contribution >= 4 is 39.5 Å². The van der Waals surface area contributed by atoms with Gasteiger partial charge in [0, 0.05) is 25.7 Å². The van der Waals surface area contributed by atoms with E-state index in [2.05, 4.69) is 41.5 Å². The van der Waals surface area contributed by atoms with Crippen molar-refractivity contribution in [3.63, 3.8) is 0 Å². The first-order valence-corrected chi connectivity index (χ1v) is 44.5. The average Bonchev–Trinajstić information content (AvgIpc) is 0.975. The molecule has 0 aliphatic heterocycles. The molecule has 0 saturated carbocycles. The topological polar surface area (TPSA) is 237 Å². The van der Waals surface area contributed by atoms with Crippen molar-refractivity contribution in [2.75, 3.05) is 39.6 Å². The number of phosphoric acid groups is 2. The van der Waals surface area contributed by atoms with Gasteiger partial charge in [-0.2, -0.15) is 0 Å². The van der Waals surface area contributed by atoms with Gasteiger partial charge in [-0.25, -0.2) is 9.13 Å². The van der Waals surface area contributed by atoms with Crippen molar-refractivity contribution in [3.05, 3.63) is 0 Å². The second kappa shape index (κ2) is 71.7. The lowest BCUT2D eigenvalue weighted by molar-refractivity contribution is -0.161. The predicted octanol–water partition coefficient (Wildman–Crippen LogP) is 23.9. The first-order valence-electron chi connectivity index (χ1n) is 41.5. The van der Waals surface area contributed by atoms with Crippen LogP contribution in [0.25, 0.3) is 0 Å². The van der Waals surface area contributed by atoms with E-state index in [0.29, 0.717) is 31.6 Å². The van der Waals surface area contributed by atoms with E-state index in [1.165, 1.54) is 231 Å². The smallest absolute Gasteiger partial charge is 0.462 e. The SMILES string of the molecule is CCCCCCCCCCCCCCCCCCCCCCCC(=O)O[C@H](COC(=O)CCCCCCCCCCCCCCCCCCC(C)C)COP(=O)(O)OC[C@@H](O)COP(=O)(O)OC[C@@H](COC(=O)CCCCCCCCC(C)C)OC(=O)CCCCCCCCCCCC. The van der Waals surface area contributed by atoms with Crippen LogP contribution >= 0.6 is 15.6 Å². The second-order valence-corrected chi connectivity index (χ2v) is 32.7. The van der Waals surface area contributed by atoms with E-state index in [0.717, 1.165) is 102 Å². The molecule has 3 N–H and O–H groups in total. The van der Waals surface area contributed by atoms with Gasteiger partial charge in [0.05, 0.1) is 26.4 Å². The number of carbonyl (C=O) groups is 4. The molecule has 0 rings (SSSR count). The van der Waals surface area contributed by atoms with Crippen molar-refractivity contribution in [1.29, 1.82) is 0 Å². The minimum absolute atomic E-state index is 0.106. The third-order valence-corrected chi connectivity index (χ3v) is 20.6. The van der Waals surface area contributed by atoms with Crippen molar-refractivity contribution in [2.45, 2.75) is 439 Å². The highest BCUT2D eigenvalue weighted by molar-refractivity contribution is 7.47. The Morgan fingerprint density at radius 2 is 0.465 bits per heavy atom. The maximum absolute atomic E-state index is 13.1. The van der Waals surface area contributed by atoms with Gasteiger partial charge < -0.3 is 33.8 Å². The third kappa shape index (κ3) is 74.1. The summed E-state index contributed by atoms with van der Waals surface area (Å²) in [4.78, 5) is 72.8. The van der Waals surface area contributed by atoms with Gasteiger partial charge in [0.25, 0.3) is 0 Å². The number of carbonyl (C=O) groups excluding carboxylic acids is 4. The molecule has 5 atom stereocenters. The van der Waals surface area contributed by atoms with Crippen LogP contribution in [-0.4, -0.2) is 96.7 Å². The Morgan fingerprint density at radius 1 is 0.273 bits per heavy atom. The molecule has 0 aliphatic carbocycles. The monoisotopic (exact) mass is 1450 g/mol. The number of phosphoric ester groups is 2. The summed E-state index contributed by atoms with van der Waals surface area (Å²) in [5.41, 5.74) is 0. The fraction of sp³-hybridized carbons (Fsp3) is 0.950. The zero-order valence-electron chi connectivity index (χ0n) is 64.8. The number of hydrogen-bond donors (Lipinski definition) is 3. The van der Waals surface area contributed by atoms with E-state index in [-0.39, 0.29) is 25.7 Å². The molecule has 0 aromatic carbocycles. The first kappa shape index (κ1) is 97.1. The molecule has 0 fully saturated rings. The standard InChI is InChI=1S/C80H156O17P2/c1-7-9-11-13-15-17-19-20-21-22-23-24-25-26-31-34-37-41-45-53-59-65-80(85)96-75(68-90-77(82)62-56-50-43-40-36-33-30-28-27-29-32-35-38-42-48-54-60-72(3)4)70-94-98(86,87)92-66-74(81)67-93-99(88,89)95-71-76(69-91-78(83)63-57-51-47-46-49-55-61-73(5)6)97-79(84)64-58-52-44-39-18-16-14-12-10-8-2/h72-76,81H,7-71H2,1-6H3,(H,86,87)(H,88,89)/t74-,75-,76-/m1/s1. The molecule has 588 valence electrons. The summed E-state index contributed by atoms with van der Waals surface area (Å²) in [7, 11) is -9.91. The number of aliphatic hydroxyl groups excluding tert-OH is 1. The Kier molecular flexibility index (Phi) is 70.3. The molecule has 0 heterocycles. The summed E-state index contributed by atoms with van der Waals surface area (Å²) < 4.78 is 68.6. The molecular formula is C80H156O17P2. The van der Waals surface area contributed by atoms with Crippen LogP contribution in [-0.2, 0) is 65.4 Å². The second-order valence-electron chi connectivity index (χ2n) is 29.8. The lowest BCUT2D eigenvalue weighted by Crippen LogP contribution is -2.30. The summed E-state index contributed by atoms with van der Waals surface area (Å²) >= 11 is 0. The van der Waals surface area contributed by atoms with E-state index in [9.17, 15) is 43.2 Å². The zero-order valence-corrected chi connectivity index (χ0v) is 66.6. The molecule has 0 amide bonds. The quantitative estimate of drug-likeness (QED) is 0.0222. The molecule has 0 bridgehead atoms. The van der Waals surface area contributed by atoms with Crippen LogP contribution in [0, 0.1) is 11.8 Å². The Morgan fingerprint density at radius 3 is 0.687 bits per heavy atom. The van der Waals surface area contributed by atoms with Crippen LogP contribution in [0.2, 0.25) is 0 Å². The van der Waals surface area contributed by atoms with Crippen LogP contribution in [0.3, 0.4) is 0 Å². The van der Waals surface area contributed by atoms with Gasteiger partial charge in [-0.1, -0.05) is 369 Å². The molecule has 0 saturated heterocycles. The largest absolute Gasteiger partial charge is 0.472 e. The summed E-state index contributed by atoms with van der Waals surface area (Å²) in [6.45, 7) is 9.56. The summed E-state index contributed by atoms with van der Waals surface area (Å²) in [5.74, 6) is -0.622. The first-order chi connectivity index (χ1) is 47.9. The summed E-state index contributed by atoms with van der Waals surface area (Å²) in [5, 5.41) is 10.6. The highest BCUT2D eigenvalue weighted by Crippen LogP contribution is 2.45. The molecule has 0 aliphatic rings. The normalized spacial score (nSPS) is 13.9. The lowest BCUT2D eigenvalue weighted by Gasteiger charge is -2.21. The van der Waals surface area contributed by atoms with E-state index in [1.54, 1.807) is 0 Å². The van der Waals surface area contributed by atoms with Crippen LogP contribution in [0.1, 0.15) is 420 Å². The van der Waals surface area contributed by atoms with Gasteiger partial charge >= 0.3 is 39.5 Å². The molecule has 0 aromatic heterocycles. The Bertz CT molecular complexity index is 1910. The molecule has 0 radical (unpaired) electrons. The highest BCUT2D eigenvalue weighted by atomic mass is 31.2. The Labute approximate surface area is 607 Å². The maximum atomic E-state index is 13.1. The fourth-order valence-electron chi connectivity index (χ4n) is 12.4. The molecule has 17 nitrogen and oxygen atoms in total. The number of unbranched alkanes of at least 4 members (excludes halogenated alkanes) is 49. The molecule has 0 spiro atoms. The molecule has 0 aromatic rings. The van der Waals surface area contributed by atoms with E-state index in [4.69, 9.17) is 37.0 Å². The minimum atomic E-state index is -4.96. The average molecular weight is 1450 g/mol. The summed E-state index contributed by atoms with van der Waals surface area (Å²) in [6, 6.07) is 0. The minimum Gasteiger partial charge on any atom is -0.462 e. The fourth-order valence-corrected chi connectivity index (χ4v) is 13.9. The Balaban J connectivity index is 5.17. The zero-order chi connectivity index (χ0) is 72.8. The lowest BCUT2D eigenvalue weighted by atomic mass is 10.0. The predicted molar refractivity (Wildman–Crippen MR) is 405 cm³/mol. The van der Waals surface area contributed by atoms with E-state index in [1.807, 2.05) is 0 Å². The Hall–Kier alpha value is -1.94. The van der Waals surface area contributed by atoms with Crippen LogP contribution in [0.5, 0.6) is 0 Å². The van der Waals surface area contributed by atoms with Gasteiger partial charge in [-0.3, -0.25) is 37.3 Å². The number of ether oxygens (including phenoxy) is 4. The van der Waals surface area contributed by atoms with Crippen molar-refractivity contribution in [1.82, 2.24) is 0 Å². The summed E-state index contributed by atoms with van der Waals surface area (Å²) in [6.07, 6.45) is 61.4. The third-order valence-electron chi connectivity index (χ3n) is 18.7. The molecule has 2 unspecified atom stereocenters. The molecular weight excluding hydrogens is 1290 g/mol. The number of aliphatic hydroxyl groups is 1. The van der Waals surface area contributed by atoms with Crippen molar-refractivity contribution in [3.8, 4) is 0 Å².